The summed E-state index contributed by atoms with van der Waals surface area (Å²) in [7, 11) is -3.60. The van der Waals surface area contributed by atoms with Crippen LogP contribution in [0.5, 0.6) is 0 Å². The monoisotopic (exact) mass is 330 g/mol. The maximum atomic E-state index is 12.6. The van der Waals surface area contributed by atoms with Gasteiger partial charge < -0.3 is 5.73 Å². The van der Waals surface area contributed by atoms with Crippen molar-refractivity contribution in [1.29, 1.82) is 0 Å². The fourth-order valence-electron chi connectivity index (χ4n) is 2.93. The van der Waals surface area contributed by atoms with Crippen molar-refractivity contribution in [1.82, 2.24) is 4.72 Å². The number of aryl methyl sites for hydroxylation is 1. The average Bonchev–Trinajstić information content (AvgIpc) is 2.87. The van der Waals surface area contributed by atoms with E-state index in [4.69, 9.17) is 17.3 Å². The maximum absolute atomic E-state index is 12.6. The van der Waals surface area contributed by atoms with Crippen LogP contribution in [0.1, 0.15) is 38.2 Å². The van der Waals surface area contributed by atoms with Crippen molar-refractivity contribution in [3.8, 4) is 0 Å². The molecule has 0 amide bonds. The molecule has 0 bridgehead atoms. The second-order valence-electron chi connectivity index (χ2n) is 5.67. The van der Waals surface area contributed by atoms with Gasteiger partial charge in [-0.15, -0.1) is 0 Å². The Bertz CT molecular complexity index is 589. The van der Waals surface area contributed by atoms with E-state index >= 15 is 0 Å². The summed E-state index contributed by atoms with van der Waals surface area (Å²) in [6, 6.07) is 5.14. The summed E-state index contributed by atoms with van der Waals surface area (Å²) in [4.78, 5) is 0.179. The van der Waals surface area contributed by atoms with E-state index in [1.807, 2.05) is 6.07 Å². The lowest BCUT2D eigenvalue weighted by Gasteiger charge is -2.20. The van der Waals surface area contributed by atoms with Crippen LogP contribution in [0.25, 0.3) is 0 Å². The Morgan fingerprint density at radius 2 is 2.14 bits per heavy atom. The van der Waals surface area contributed by atoms with Crippen LogP contribution in [-0.2, 0) is 16.4 Å². The summed E-state index contributed by atoms with van der Waals surface area (Å²) in [6.07, 6.45) is 4.64. The molecule has 1 saturated carbocycles. The number of nitrogens with two attached hydrogens (primary N) is 1. The van der Waals surface area contributed by atoms with E-state index in [1.54, 1.807) is 12.1 Å². The fourth-order valence-corrected chi connectivity index (χ4v) is 4.82. The van der Waals surface area contributed by atoms with E-state index in [-0.39, 0.29) is 21.9 Å². The van der Waals surface area contributed by atoms with E-state index in [9.17, 15) is 8.42 Å². The normalized spacial score (nSPS) is 22.6. The highest BCUT2D eigenvalue weighted by Gasteiger charge is 2.31. The summed E-state index contributed by atoms with van der Waals surface area (Å²) in [6.45, 7) is 2.57. The molecule has 4 nitrogen and oxygen atoms in total. The minimum atomic E-state index is -3.60. The molecule has 6 heteroatoms. The second kappa shape index (κ2) is 7.09. The van der Waals surface area contributed by atoms with Gasteiger partial charge in [0.1, 0.15) is 4.90 Å². The molecule has 0 aliphatic heterocycles. The molecule has 0 heterocycles. The lowest BCUT2D eigenvalue weighted by atomic mass is 10.1. The van der Waals surface area contributed by atoms with Crippen LogP contribution in [0.2, 0.25) is 5.02 Å². The van der Waals surface area contributed by atoms with E-state index < -0.39 is 10.0 Å². The quantitative estimate of drug-likeness (QED) is 0.842. The third-order valence-electron chi connectivity index (χ3n) is 4.09. The number of hydrogen-bond acceptors (Lipinski definition) is 3. The molecule has 3 N–H and O–H groups in total. The Morgan fingerprint density at radius 3 is 2.81 bits per heavy atom. The molecule has 0 saturated heterocycles. The average molecular weight is 331 g/mol. The van der Waals surface area contributed by atoms with Crippen LogP contribution in [-0.4, -0.2) is 21.0 Å². The van der Waals surface area contributed by atoms with Crippen molar-refractivity contribution >= 4 is 21.6 Å². The first-order valence-electron chi connectivity index (χ1n) is 7.48. The van der Waals surface area contributed by atoms with Gasteiger partial charge >= 0.3 is 0 Å². The Kier molecular flexibility index (Phi) is 5.66. The van der Waals surface area contributed by atoms with Gasteiger partial charge in [0.15, 0.2) is 0 Å². The van der Waals surface area contributed by atoms with Gasteiger partial charge in [0, 0.05) is 6.04 Å². The molecule has 0 radical (unpaired) electrons. The van der Waals surface area contributed by atoms with Crippen LogP contribution in [0.3, 0.4) is 0 Å². The van der Waals surface area contributed by atoms with Crippen LogP contribution in [0, 0.1) is 5.92 Å². The highest BCUT2D eigenvalue weighted by molar-refractivity contribution is 7.89. The predicted molar refractivity (Wildman–Crippen MR) is 86.0 cm³/mol. The zero-order chi connectivity index (χ0) is 15.5. The lowest BCUT2D eigenvalue weighted by molar-refractivity contribution is 0.453. The van der Waals surface area contributed by atoms with E-state index in [1.165, 1.54) is 0 Å². The van der Waals surface area contributed by atoms with Gasteiger partial charge in [-0.1, -0.05) is 37.4 Å². The lowest BCUT2D eigenvalue weighted by Crippen LogP contribution is -2.39. The molecule has 0 aromatic heterocycles. The van der Waals surface area contributed by atoms with Gasteiger partial charge in [-0.2, -0.15) is 0 Å². The van der Waals surface area contributed by atoms with Crippen LogP contribution < -0.4 is 10.5 Å². The predicted octanol–water partition coefficient (Wildman–Crippen LogP) is 2.70. The van der Waals surface area contributed by atoms with Crippen molar-refractivity contribution in [3.05, 3.63) is 28.8 Å². The smallest absolute Gasteiger partial charge is 0.242 e. The van der Waals surface area contributed by atoms with Crippen molar-refractivity contribution < 1.29 is 8.42 Å². The molecule has 0 spiro atoms. The number of sulfonamides is 1. The largest absolute Gasteiger partial charge is 0.330 e. The van der Waals surface area contributed by atoms with Crippen molar-refractivity contribution in [2.75, 3.05) is 6.54 Å². The van der Waals surface area contributed by atoms with Crippen LogP contribution in [0.4, 0.5) is 0 Å². The first kappa shape index (κ1) is 16.7. The molecule has 1 aliphatic rings. The molecule has 2 unspecified atom stereocenters. The van der Waals surface area contributed by atoms with Gasteiger partial charge in [-0.3, -0.25) is 0 Å². The molecule has 1 aromatic rings. The maximum Gasteiger partial charge on any atom is 0.242 e. The van der Waals surface area contributed by atoms with E-state index in [0.29, 0.717) is 6.54 Å². The van der Waals surface area contributed by atoms with E-state index in [0.717, 1.165) is 37.7 Å². The molecule has 1 fully saturated rings. The van der Waals surface area contributed by atoms with Crippen LogP contribution >= 0.6 is 11.6 Å². The van der Waals surface area contributed by atoms with E-state index in [2.05, 4.69) is 11.6 Å². The summed E-state index contributed by atoms with van der Waals surface area (Å²) in [5.41, 5.74) is 6.70. The number of nitrogens with one attached hydrogen (secondary N) is 1. The zero-order valence-electron chi connectivity index (χ0n) is 12.3. The SMILES string of the molecule is CCCc1ccc(Cl)c(S(=O)(=O)NC2CCCC2CN)c1. The minimum absolute atomic E-state index is 0.0779. The molecule has 118 valence electrons. The van der Waals surface area contributed by atoms with Gasteiger partial charge in [-0.25, -0.2) is 13.1 Å². The Morgan fingerprint density at radius 1 is 1.38 bits per heavy atom. The van der Waals surface area contributed by atoms with Gasteiger partial charge in [0.2, 0.25) is 10.0 Å². The Labute approximate surface area is 132 Å². The molecule has 21 heavy (non-hydrogen) atoms. The highest BCUT2D eigenvalue weighted by Crippen LogP contribution is 2.28. The van der Waals surface area contributed by atoms with Crippen molar-refractivity contribution in [2.45, 2.75) is 50.0 Å². The number of hydrogen-bond donors (Lipinski definition) is 2. The topological polar surface area (TPSA) is 72.2 Å². The first-order valence-corrected chi connectivity index (χ1v) is 9.35. The zero-order valence-corrected chi connectivity index (χ0v) is 13.9. The van der Waals surface area contributed by atoms with Crippen LogP contribution in [0.15, 0.2) is 23.1 Å². The van der Waals surface area contributed by atoms with Gasteiger partial charge in [-0.05, 0) is 49.4 Å². The van der Waals surface area contributed by atoms with Crippen molar-refractivity contribution in [2.24, 2.45) is 11.7 Å². The molecule has 1 aliphatic carbocycles. The summed E-state index contributed by atoms with van der Waals surface area (Å²) in [5, 5.41) is 0.268. The summed E-state index contributed by atoms with van der Waals surface area (Å²) in [5.74, 6) is 0.220. The highest BCUT2D eigenvalue weighted by atomic mass is 35.5. The first-order chi connectivity index (χ1) is 9.97. The summed E-state index contributed by atoms with van der Waals surface area (Å²) >= 11 is 6.09. The summed E-state index contributed by atoms with van der Waals surface area (Å²) < 4.78 is 28.0. The molecule has 2 rings (SSSR count). The number of rotatable bonds is 6. The second-order valence-corrected chi connectivity index (χ2v) is 7.76. The molecule has 1 aromatic carbocycles. The number of benzene rings is 1. The fraction of sp³-hybridized carbons (Fsp3) is 0.600. The standard InChI is InChI=1S/C15H23ClN2O2S/c1-2-4-11-7-8-13(16)15(9-11)21(19,20)18-14-6-3-5-12(14)10-17/h7-9,12,14,18H,2-6,10,17H2,1H3. The molecule has 2 atom stereocenters. The minimum Gasteiger partial charge on any atom is -0.330 e. The van der Waals surface area contributed by atoms with Crippen molar-refractivity contribution in [3.63, 3.8) is 0 Å². The number of halogens is 1. The van der Waals surface area contributed by atoms with Gasteiger partial charge in [0.25, 0.3) is 0 Å². The third-order valence-corrected chi connectivity index (χ3v) is 6.06. The Balaban J connectivity index is 2.24. The Hall–Kier alpha value is -0.620. The molecular formula is C15H23ClN2O2S. The molecular weight excluding hydrogens is 308 g/mol. The third kappa shape index (κ3) is 3.97. The van der Waals surface area contributed by atoms with Gasteiger partial charge in [0.05, 0.1) is 5.02 Å².